The van der Waals surface area contributed by atoms with Crippen LogP contribution in [0.1, 0.15) is 44.6 Å². The summed E-state index contributed by atoms with van der Waals surface area (Å²) in [5, 5.41) is 8.34. The van der Waals surface area contributed by atoms with Gasteiger partial charge in [-0.3, -0.25) is 4.79 Å². The first-order valence-corrected chi connectivity index (χ1v) is 10.1. The third-order valence-electron chi connectivity index (χ3n) is 5.02. The van der Waals surface area contributed by atoms with Crippen LogP contribution in [0.2, 0.25) is 0 Å². The van der Waals surface area contributed by atoms with Crippen molar-refractivity contribution in [3.8, 4) is 0 Å². The molecular formula is C17H25N3O3S. The number of rotatable bonds is 4. The molecule has 0 aromatic heterocycles. The fourth-order valence-corrected chi connectivity index (χ4v) is 4.33. The van der Waals surface area contributed by atoms with Gasteiger partial charge in [0.25, 0.3) is 0 Å². The SMILES string of the molecule is C[C@H]1Cc2cc(S(N)(=O)=O)ccc2N1CC(=O)NC1CCCCC1. The number of benzene rings is 1. The van der Waals surface area contributed by atoms with Gasteiger partial charge >= 0.3 is 0 Å². The molecule has 2 aliphatic rings. The van der Waals surface area contributed by atoms with Crippen LogP contribution in [0, 0.1) is 0 Å². The Morgan fingerprint density at radius 3 is 2.67 bits per heavy atom. The topological polar surface area (TPSA) is 92.5 Å². The highest BCUT2D eigenvalue weighted by Gasteiger charge is 2.29. The lowest BCUT2D eigenvalue weighted by atomic mass is 9.95. The van der Waals surface area contributed by atoms with Crippen LogP contribution < -0.4 is 15.4 Å². The Hall–Kier alpha value is -1.60. The number of hydrogen-bond acceptors (Lipinski definition) is 4. The van der Waals surface area contributed by atoms with E-state index in [4.69, 9.17) is 5.14 Å². The highest BCUT2D eigenvalue weighted by atomic mass is 32.2. The molecule has 1 aromatic rings. The summed E-state index contributed by atoms with van der Waals surface area (Å²) < 4.78 is 23.0. The number of amides is 1. The van der Waals surface area contributed by atoms with E-state index in [2.05, 4.69) is 5.32 Å². The van der Waals surface area contributed by atoms with Crippen molar-refractivity contribution in [1.82, 2.24) is 5.32 Å². The fourth-order valence-electron chi connectivity index (χ4n) is 3.76. The van der Waals surface area contributed by atoms with Gasteiger partial charge in [0.2, 0.25) is 15.9 Å². The second kappa shape index (κ2) is 6.72. The van der Waals surface area contributed by atoms with Crippen LogP contribution in [0.25, 0.3) is 0 Å². The van der Waals surface area contributed by atoms with Crippen molar-refractivity contribution in [3.05, 3.63) is 23.8 Å². The molecule has 1 fully saturated rings. The Morgan fingerprint density at radius 1 is 1.29 bits per heavy atom. The third-order valence-corrected chi connectivity index (χ3v) is 5.93. The lowest BCUT2D eigenvalue weighted by molar-refractivity contribution is -0.120. The molecule has 1 amide bonds. The van der Waals surface area contributed by atoms with E-state index in [0.717, 1.165) is 30.5 Å². The van der Waals surface area contributed by atoms with Crippen LogP contribution in [0.15, 0.2) is 23.1 Å². The van der Waals surface area contributed by atoms with Gasteiger partial charge in [0.15, 0.2) is 0 Å². The van der Waals surface area contributed by atoms with Crippen molar-refractivity contribution >= 4 is 21.6 Å². The van der Waals surface area contributed by atoms with E-state index in [1.54, 1.807) is 12.1 Å². The number of nitrogens with two attached hydrogens (primary N) is 1. The molecule has 1 atom stereocenters. The van der Waals surface area contributed by atoms with E-state index in [1.807, 2.05) is 11.8 Å². The highest BCUT2D eigenvalue weighted by Crippen LogP contribution is 2.33. The predicted molar refractivity (Wildman–Crippen MR) is 93.3 cm³/mol. The second-order valence-electron chi connectivity index (χ2n) is 6.92. The zero-order valence-electron chi connectivity index (χ0n) is 14.0. The standard InChI is InChI=1S/C17H25N3O3S/c1-12-9-13-10-15(24(18,22)23)7-8-16(13)20(12)11-17(21)19-14-5-3-2-4-6-14/h7-8,10,12,14H,2-6,9,11H2,1H3,(H,19,21)(H2,18,22,23)/t12-/m0/s1. The van der Waals surface area contributed by atoms with Gasteiger partial charge in [-0.1, -0.05) is 19.3 Å². The highest BCUT2D eigenvalue weighted by molar-refractivity contribution is 7.89. The number of carbonyl (C=O) groups is 1. The van der Waals surface area contributed by atoms with Gasteiger partial charge in [0.1, 0.15) is 0 Å². The van der Waals surface area contributed by atoms with Crippen molar-refractivity contribution in [2.75, 3.05) is 11.4 Å². The molecule has 0 spiro atoms. The van der Waals surface area contributed by atoms with Gasteiger partial charge < -0.3 is 10.2 Å². The number of primary sulfonamides is 1. The van der Waals surface area contributed by atoms with Crippen LogP contribution in [-0.4, -0.2) is 33.0 Å². The molecule has 6 nitrogen and oxygen atoms in total. The summed E-state index contributed by atoms with van der Waals surface area (Å²) in [5.41, 5.74) is 1.85. The van der Waals surface area contributed by atoms with Crippen LogP contribution in [0.3, 0.4) is 0 Å². The van der Waals surface area contributed by atoms with E-state index >= 15 is 0 Å². The second-order valence-corrected chi connectivity index (χ2v) is 8.48. The lowest BCUT2D eigenvalue weighted by Gasteiger charge is -2.27. The average Bonchev–Trinajstić information content (AvgIpc) is 2.82. The van der Waals surface area contributed by atoms with E-state index in [9.17, 15) is 13.2 Å². The van der Waals surface area contributed by atoms with E-state index in [0.29, 0.717) is 12.6 Å². The first kappa shape index (κ1) is 17.2. The largest absolute Gasteiger partial charge is 0.359 e. The molecule has 1 saturated carbocycles. The fraction of sp³-hybridized carbons (Fsp3) is 0.588. The van der Waals surface area contributed by atoms with Crippen molar-refractivity contribution in [1.29, 1.82) is 0 Å². The van der Waals surface area contributed by atoms with Gasteiger partial charge in [0.05, 0.1) is 11.4 Å². The van der Waals surface area contributed by atoms with E-state index < -0.39 is 10.0 Å². The first-order chi connectivity index (χ1) is 11.3. The molecule has 1 heterocycles. The average molecular weight is 351 g/mol. The Bertz CT molecular complexity index is 727. The summed E-state index contributed by atoms with van der Waals surface area (Å²) in [5.74, 6) is 0.0390. The molecule has 132 valence electrons. The van der Waals surface area contributed by atoms with Crippen molar-refractivity contribution in [2.24, 2.45) is 5.14 Å². The Labute approximate surface area is 143 Å². The zero-order chi connectivity index (χ0) is 17.3. The van der Waals surface area contributed by atoms with E-state index in [1.165, 1.54) is 25.3 Å². The minimum atomic E-state index is -3.70. The maximum atomic E-state index is 12.4. The number of nitrogens with one attached hydrogen (secondary N) is 1. The molecule has 1 aliphatic heterocycles. The zero-order valence-corrected chi connectivity index (χ0v) is 14.8. The molecule has 0 unspecified atom stereocenters. The third kappa shape index (κ3) is 3.72. The molecule has 24 heavy (non-hydrogen) atoms. The monoisotopic (exact) mass is 351 g/mol. The van der Waals surface area contributed by atoms with Gasteiger partial charge in [0, 0.05) is 17.8 Å². The van der Waals surface area contributed by atoms with Crippen molar-refractivity contribution < 1.29 is 13.2 Å². The summed E-state index contributed by atoms with van der Waals surface area (Å²) in [6.07, 6.45) is 6.48. The molecule has 7 heteroatoms. The minimum absolute atomic E-state index is 0.0390. The van der Waals surface area contributed by atoms with Gasteiger partial charge in [-0.15, -0.1) is 0 Å². The molecule has 0 saturated heterocycles. The molecule has 3 N–H and O–H groups in total. The Kier molecular flexibility index (Phi) is 4.83. The molecular weight excluding hydrogens is 326 g/mol. The van der Waals surface area contributed by atoms with Crippen LogP contribution in [-0.2, 0) is 21.2 Å². The summed E-state index contributed by atoms with van der Waals surface area (Å²) in [6.45, 7) is 2.35. The van der Waals surface area contributed by atoms with Gasteiger partial charge in [-0.25, -0.2) is 13.6 Å². The van der Waals surface area contributed by atoms with E-state index in [-0.39, 0.29) is 16.8 Å². The van der Waals surface area contributed by atoms with Crippen LogP contribution >= 0.6 is 0 Å². The van der Waals surface area contributed by atoms with Gasteiger partial charge in [-0.2, -0.15) is 0 Å². The molecule has 1 aromatic carbocycles. The lowest BCUT2D eigenvalue weighted by Crippen LogP contribution is -2.44. The van der Waals surface area contributed by atoms with Gasteiger partial charge in [-0.05, 0) is 49.9 Å². The van der Waals surface area contributed by atoms with Crippen LogP contribution in [0.5, 0.6) is 0 Å². The molecule has 1 aliphatic carbocycles. The molecule has 0 radical (unpaired) electrons. The predicted octanol–water partition coefficient (Wildman–Crippen LogP) is 1.53. The Morgan fingerprint density at radius 2 is 2.00 bits per heavy atom. The molecule has 3 rings (SSSR count). The maximum Gasteiger partial charge on any atom is 0.239 e. The summed E-state index contributed by atoms with van der Waals surface area (Å²) >= 11 is 0. The maximum absolute atomic E-state index is 12.4. The van der Waals surface area contributed by atoms with Crippen LogP contribution in [0.4, 0.5) is 5.69 Å². The van der Waals surface area contributed by atoms with Crippen molar-refractivity contribution in [2.45, 2.75) is 62.4 Å². The summed E-state index contributed by atoms with van der Waals surface area (Å²) in [6, 6.07) is 5.35. The number of anilines is 1. The number of fused-ring (bicyclic) bond motifs is 1. The molecule has 0 bridgehead atoms. The normalized spacial score (nSPS) is 21.6. The smallest absolute Gasteiger partial charge is 0.239 e. The number of carbonyl (C=O) groups excluding carboxylic acids is 1. The number of sulfonamides is 1. The quantitative estimate of drug-likeness (QED) is 0.860. The number of nitrogens with zero attached hydrogens (tertiary/aromatic N) is 1. The number of hydrogen-bond donors (Lipinski definition) is 2. The summed E-state index contributed by atoms with van der Waals surface area (Å²) in [7, 11) is -3.70. The summed E-state index contributed by atoms with van der Waals surface area (Å²) in [4.78, 5) is 14.5. The minimum Gasteiger partial charge on any atom is -0.359 e. The first-order valence-electron chi connectivity index (χ1n) is 8.56. The van der Waals surface area contributed by atoms with Crippen molar-refractivity contribution in [3.63, 3.8) is 0 Å². The Balaban J connectivity index is 1.70.